The Morgan fingerprint density at radius 1 is 1.12 bits per heavy atom. The molecule has 0 aliphatic carbocycles. The minimum Gasteiger partial charge on any atom is -0.298 e. The van der Waals surface area contributed by atoms with Gasteiger partial charge in [-0.1, -0.05) is 45.7 Å². The Bertz CT molecular complexity index is 691. The van der Waals surface area contributed by atoms with Crippen LogP contribution in [0.2, 0.25) is 5.02 Å². The third kappa shape index (κ3) is 1.85. The van der Waals surface area contributed by atoms with Crippen molar-refractivity contribution in [3.63, 3.8) is 0 Å². The van der Waals surface area contributed by atoms with Crippen LogP contribution < -0.4 is 0 Å². The summed E-state index contributed by atoms with van der Waals surface area (Å²) in [6, 6.07) is 11.8. The highest BCUT2D eigenvalue weighted by molar-refractivity contribution is 9.10. The van der Waals surface area contributed by atoms with Crippen molar-refractivity contribution in [3.8, 4) is 11.4 Å². The lowest BCUT2D eigenvalue weighted by molar-refractivity contribution is 1.16. The second kappa shape index (κ2) is 4.17. The number of hydrogen-bond donors (Lipinski definition) is 0. The molecule has 0 spiro atoms. The maximum absolute atomic E-state index is 6.01. The SMILES string of the molecule is Clc1ccc2cnc(-c3ccccc3Br)n2c1. The molecule has 1 aromatic carbocycles. The summed E-state index contributed by atoms with van der Waals surface area (Å²) >= 11 is 9.55. The highest BCUT2D eigenvalue weighted by Gasteiger charge is 2.09. The zero-order valence-corrected chi connectivity index (χ0v) is 11.1. The van der Waals surface area contributed by atoms with E-state index in [-0.39, 0.29) is 0 Å². The van der Waals surface area contributed by atoms with Crippen LogP contribution in [0.25, 0.3) is 16.9 Å². The van der Waals surface area contributed by atoms with Crippen LogP contribution in [0, 0.1) is 0 Å². The number of rotatable bonds is 1. The Kier molecular flexibility index (Phi) is 2.65. The molecule has 0 unspecified atom stereocenters. The van der Waals surface area contributed by atoms with Crippen LogP contribution in [0.1, 0.15) is 0 Å². The minimum atomic E-state index is 0.698. The van der Waals surface area contributed by atoms with E-state index < -0.39 is 0 Å². The summed E-state index contributed by atoms with van der Waals surface area (Å²) in [5.41, 5.74) is 2.08. The van der Waals surface area contributed by atoms with Crippen molar-refractivity contribution >= 4 is 33.0 Å². The molecule has 0 fully saturated rings. The average molecular weight is 308 g/mol. The molecule has 0 aliphatic heterocycles. The number of pyridine rings is 1. The van der Waals surface area contributed by atoms with E-state index in [9.17, 15) is 0 Å². The van der Waals surface area contributed by atoms with Gasteiger partial charge in [0.15, 0.2) is 0 Å². The first-order valence-corrected chi connectivity index (χ1v) is 6.30. The van der Waals surface area contributed by atoms with Gasteiger partial charge in [0.2, 0.25) is 0 Å². The molecular weight excluding hydrogens is 300 g/mol. The Hall–Kier alpha value is -1.32. The van der Waals surface area contributed by atoms with Gasteiger partial charge in [-0.3, -0.25) is 4.40 Å². The molecule has 0 aliphatic rings. The third-order valence-corrected chi connectivity index (χ3v) is 3.52. The van der Waals surface area contributed by atoms with Crippen LogP contribution in [0.5, 0.6) is 0 Å². The molecule has 3 aromatic rings. The maximum Gasteiger partial charge on any atom is 0.145 e. The van der Waals surface area contributed by atoms with Crippen LogP contribution in [0.15, 0.2) is 53.3 Å². The van der Waals surface area contributed by atoms with Crippen LogP contribution in [-0.4, -0.2) is 9.38 Å². The number of halogens is 2. The molecule has 4 heteroatoms. The lowest BCUT2D eigenvalue weighted by Gasteiger charge is -2.04. The van der Waals surface area contributed by atoms with Gasteiger partial charge < -0.3 is 0 Å². The summed E-state index contributed by atoms with van der Waals surface area (Å²) in [5, 5.41) is 0.698. The number of benzene rings is 1. The van der Waals surface area contributed by atoms with Gasteiger partial charge >= 0.3 is 0 Å². The van der Waals surface area contributed by atoms with Crippen molar-refractivity contribution in [1.29, 1.82) is 0 Å². The molecule has 0 saturated heterocycles. The molecule has 0 N–H and O–H groups in total. The monoisotopic (exact) mass is 306 g/mol. The summed E-state index contributed by atoms with van der Waals surface area (Å²) < 4.78 is 3.01. The van der Waals surface area contributed by atoms with Crippen molar-refractivity contribution in [3.05, 3.63) is 58.3 Å². The summed E-state index contributed by atoms with van der Waals surface area (Å²) in [6.45, 7) is 0. The Labute approximate surface area is 112 Å². The Morgan fingerprint density at radius 3 is 2.76 bits per heavy atom. The van der Waals surface area contributed by atoms with Crippen molar-refractivity contribution in [2.45, 2.75) is 0 Å². The van der Waals surface area contributed by atoms with Gasteiger partial charge in [-0.05, 0) is 18.2 Å². The fourth-order valence-electron chi connectivity index (χ4n) is 1.81. The van der Waals surface area contributed by atoms with Crippen LogP contribution in [-0.2, 0) is 0 Å². The number of fused-ring (bicyclic) bond motifs is 1. The molecule has 3 rings (SSSR count). The van der Waals surface area contributed by atoms with Gasteiger partial charge in [-0.2, -0.15) is 0 Å². The molecule has 0 bridgehead atoms. The maximum atomic E-state index is 6.01. The molecule has 0 amide bonds. The van der Waals surface area contributed by atoms with Gasteiger partial charge in [-0.15, -0.1) is 0 Å². The molecule has 2 aromatic heterocycles. The van der Waals surface area contributed by atoms with E-state index in [2.05, 4.69) is 20.9 Å². The molecule has 0 atom stereocenters. The average Bonchev–Trinajstić information content (AvgIpc) is 2.72. The van der Waals surface area contributed by atoms with Gasteiger partial charge in [0, 0.05) is 16.2 Å². The van der Waals surface area contributed by atoms with E-state index in [1.165, 1.54) is 0 Å². The number of aromatic nitrogens is 2. The van der Waals surface area contributed by atoms with Crippen LogP contribution in [0.3, 0.4) is 0 Å². The summed E-state index contributed by atoms with van der Waals surface area (Å²) in [7, 11) is 0. The molecule has 0 radical (unpaired) electrons. The van der Waals surface area contributed by atoms with E-state index in [1.807, 2.05) is 53.2 Å². The van der Waals surface area contributed by atoms with Crippen LogP contribution in [0.4, 0.5) is 0 Å². The highest BCUT2D eigenvalue weighted by Crippen LogP contribution is 2.28. The lowest BCUT2D eigenvalue weighted by atomic mass is 10.2. The van der Waals surface area contributed by atoms with Gasteiger partial charge in [0.05, 0.1) is 16.7 Å². The predicted octanol–water partition coefficient (Wildman–Crippen LogP) is 4.42. The summed E-state index contributed by atoms with van der Waals surface area (Å²) in [5.74, 6) is 0.884. The van der Waals surface area contributed by atoms with E-state index in [0.29, 0.717) is 5.02 Å². The van der Waals surface area contributed by atoms with E-state index >= 15 is 0 Å². The van der Waals surface area contributed by atoms with Crippen molar-refractivity contribution < 1.29 is 0 Å². The first kappa shape index (κ1) is 10.8. The van der Waals surface area contributed by atoms with Gasteiger partial charge in [0.25, 0.3) is 0 Å². The molecule has 84 valence electrons. The van der Waals surface area contributed by atoms with E-state index in [1.54, 1.807) is 0 Å². The van der Waals surface area contributed by atoms with E-state index in [0.717, 1.165) is 21.4 Å². The first-order chi connectivity index (χ1) is 8.25. The predicted molar refractivity (Wildman–Crippen MR) is 73.3 cm³/mol. The smallest absolute Gasteiger partial charge is 0.145 e. The lowest BCUT2D eigenvalue weighted by Crippen LogP contribution is -1.89. The minimum absolute atomic E-state index is 0.698. The zero-order valence-electron chi connectivity index (χ0n) is 8.77. The Balaban J connectivity index is 2.31. The molecule has 17 heavy (non-hydrogen) atoms. The standard InChI is InChI=1S/C13H8BrClN2/c14-12-4-2-1-3-11(12)13-16-7-10-6-5-9(15)8-17(10)13/h1-8H. The van der Waals surface area contributed by atoms with Gasteiger partial charge in [-0.25, -0.2) is 4.98 Å². The first-order valence-electron chi connectivity index (χ1n) is 5.13. The third-order valence-electron chi connectivity index (χ3n) is 2.61. The highest BCUT2D eigenvalue weighted by atomic mass is 79.9. The second-order valence-corrected chi connectivity index (χ2v) is 4.99. The van der Waals surface area contributed by atoms with Crippen LogP contribution >= 0.6 is 27.5 Å². The summed E-state index contributed by atoms with van der Waals surface area (Å²) in [4.78, 5) is 4.44. The quantitative estimate of drug-likeness (QED) is 0.650. The fourth-order valence-corrected chi connectivity index (χ4v) is 2.43. The molecule has 2 heterocycles. The fraction of sp³-hybridized carbons (Fsp3) is 0. The van der Waals surface area contributed by atoms with Crippen molar-refractivity contribution in [2.24, 2.45) is 0 Å². The molecule has 0 saturated carbocycles. The largest absolute Gasteiger partial charge is 0.298 e. The number of hydrogen-bond acceptors (Lipinski definition) is 1. The summed E-state index contributed by atoms with van der Waals surface area (Å²) in [6.07, 6.45) is 3.71. The number of imidazole rings is 1. The Morgan fingerprint density at radius 2 is 1.94 bits per heavy atom. The molecular formula is C13H8BrClN2. The molecule has 2 nitrogen and oxygen atoms in total. The topological polar surface area (TPSA) is 17.3 Å². The normalized spacial score (nSPS) is 10.9. The van der Waals surface area contributed by atoms with Crippen molar-refractivity contribution in [2.75, 3.05) is 0 Å². The van der Waals surface area contributed by atoms with Gasteiger partial charge in [0.1, 0.15) is 5.82 Å². The zero-order chi connectivity index (χ0) is 11.8. The number of nitrogens with zero attached hydrogens (tertiary/aromatic N) is 2. The van der Waals surface area contributed by atoms with E-state index in [4.69, 9.17) is 11.6 Å². The second-order valence-electron chi connectivity index (χ2n) is 3.70. The van der Waals surface area contributed by atoms with Crippen molar-refractivity contribution in [1.82, 2.24) is 9.38 Å².